The van der Waals surface area contributed by atoms with Crippen LogP contribution in [0.2, 0.25) is 0 Å². The van der Waals surface area contributed by atoms with Crippen LogP contribution in [-0.2, 0) is 0 Å². The Morgan fingerprint density at radius 3 is 2.94 bits per heavy atom. The molecular weight excluding hydrogens is 208 g/mol. The number of phenolic OH excluding ortho intramolecular Hbond substituents is 1. The third-order valence-electron chi connectivity index (χ3n) is 2.16. The Labute approximate surface area is 91.5 Å². The van der Waals surface area contributed by atoms with Crippen molar-refractivity contribution in [2.24, 2.45) is 0 Å². The average molecular weight is 218 g/mol. The van der Waals surface area contributed by atoms with Gasteiger partial charge in [-0.05, 0) is 12.1 Å². The number of aromatic nitrogens is 3. The molecule has 1 amide bonds. The molecule has 0 saturated carbocycles. The lowest BCUT2D eigenvalue weighted by Gasteiger charge is -2.15. The molecule has 0 radical (unpaired) electrons. The SMILES string of the molecule is CN(C(=O)c1cn[nH]n1)c1cccc(O)c1. The maximum Gasteiger partial charge on any atom is 0.280 e. The van der Waals surface area contributed by atoms with Crippen LogP contribution in [0.25, 0.3) is 0 Å². The van der Waals surface area contributed by atoms with Crippen LogP contribution in [-0.4, -0.2) is 33.5 Å². The van der Waals surface area contributed by atoms with E-state index in [1.807, 2.05) is 0 Å². The summed E-state index contributed by atoms with van der Waals surface area (Å²) in [5.74, 6) is -0.184. The zero-order valence-electron chi connectivity index (χ0n) is 8.58. The van der Waals surface area contributed by atoms with Gasteiger partial charge in [0, 0.05) is 18.8 Å². The minimum atomic E-state index is -0.292. The van der Waals surface area contributed by atoms with E-state index in [1.54, 1.807) is 19.2 Å². The second-order valence-corrected chi connectivity index (χ2v) is 3.24. The number of rotatable bonds is 2. The predicted molar refractivity (Wildman–Crippen MR) is 57.2 cm³/mol. The summed E-state index contributed by atoms with van der Waals surface area (Å²) in [6.07, 6.45) is 1.35. The number of nitrogens with zero attached hydrogens (tertiary/aromatic N) is 3. The molecule has 0 unspecified atom stereocenters. The number of H-pyrrole nitrogens is 1. The standard InChI is InChI=1S/C10H10N4O2/c1-14(7-3-2-4-8(15)5-7)10(16)9-6-11-13-12-9/h2-6,15H,1H3,(H,11,12,13). The molecule has 2 N–H and O–H groups in total. The predicted octanol–water partition coefficient (Wildman–Crippen LogP) is 0.787. The molecule has 1 heterocycles. The van der Waals surface area contributed by atoms with Gasteiger partial charge in [0.05, 0.1) is 6.20 Å². The molecule has 0 atom stereocenters. The van der Waals surface area contributed by atoms with Crippen molar-refractivity contribution in [2.75, 3.05) is 11.9 Å². The first-order chi connectivity index (χ1) is 7.68. The lowest BCUT2D eigenvalue weighted by molar-refractivity contribution is 0.0988. The van der Waals surface area contributed by atoms with E-state index in [0.29, 0.717) is 5.69 Å². The molecule has 1 aromatic carbocycles. The molecule has 1 aromatic heterocycles. The van der Waals surface area contributed by atoms with Crippen molar-refractivity contribution < 1.29 is 9.90 Å². The highest BCUT2D eigenvalue weighted by Crippen LogP contribution is 2.19. The highest BCUT2D eigenvalue weighted by atomic mass is 16.3. The molecule has 0 fully saturated rings. The van der Waals surface area contributed by atoms with Crippen molar-refractivity contribution in [2.45, 2.75) is 0 Å². The van der Waals surface area contributed by atoms with Crippen molar-refractivity contribution in [1.82, 2.24) is 15.4 Å². The van der Waals surface area contributed by atoms with Crippen LogP contribution in [0.3, 0.4) is 0 Å². The van der Waals surface area contributed by atoms with Gasteiger partial charge in [0.15, 0.2) is 5.69 Å². The number of aromatic amines is 1. The number of anilines is 1. The Morgan fingerprint density at radius 2 is 2.31 bits per heavy atom. The number of nitrogens with one attached hydrogen (secondary N) is 1. The van der Waals surface area contributed by atoms with Crippen LogP contribution in [0.15, 0.2) is 30.5 Å². The van der Waals surface area contributed by atoms with E-state index in [4.69, 9.17) is 0 Å². The van der Waals surface area contributed by atoms with Gasteiger partial charge in [-0.1, -0.05) is 6.07 Å². The highest BCUT2D eigenvalue weighted by Gasteiger charge is 2.15. The van der Waals surface area contributed by atoms with E-state index in [2.05, 4.69) is 15.4 Å². The Morgan fingerprint density at radius 1 is 1.50 bits per heavy atom. The van der Waals surface area contributed by atoms with Gasteiger partial charge in [-0.3, -0.25) is 4.79 Å². The van der Waals surface area contributed by atoms with Crippen LogP contribution in [0.5, 0.6) is 5.75 Å². The fraction of sp³-hybridized carbons (Fsp3) is 0.100. The van der Waals surface area contributed by atoms with Crippen LogP contribution >= 0.6 is 0 Å². The zero-order valence-corrected chi connectivity index (χ0v) is 8.58. The van der Waals surface area contributed by atoms with E-state index in [1.165, 1.54) is 23.2 Å². The van der Waals surface area contributed by atoms with Gasteiger partial charge in [-0.15, -0.1) is 0 Å². The van der Waals surface area contributed by atoms with Crippen LogP contribution in [0, 0.1) is 0 Å². The van der Waals surface area contributed by atoms with Gasteiger partial charge in [0.1, 0.15) is 5.75 Å². The first kappa shape index (κ1) is 10.2. The van der Waals surface area contributed by atoms with Crippen LogP contribution in [0.1, 0.15) is 10.5 Å². The molecular formula is C10H10N4O2. The molecule has 82 valence electrons. The molecule has 0 spiro atoms. The second-order valence-electron chi connectivity index (χ2n) is 3.24. The minimum absolute atomic E-state index is 0.109. The summed E-state index contributed by atoms with van der Waals surface area (Å²) in [5, 5.41) is 18.9. The third kappa shape index (κ3) is 1.85. The molecule has 2 rings (SSSR count). The molecule has 6 heteroatoms. The summed E-state index contributed by atoms with van der Waals surface area (Å²) in [7, 11) is 1.60. The number of aromatic hydroxyl groups is 1. The number of hydrogen-bond acceptors (Lipinski definition) is 4. The van der Waals surface area contributed by atoms with Crippen LogP contribution < -0.4 is 4.90 Å². The summed E-state index contributed by atoms with van der Waals surface area (Å²) in [5.41, 5.74) is 0.818. The fourth-order valence-corrected chi connectivity index (χ4v) is 1.30. The Hall–Kier alpha value is -2.37. The number of amides is 1. The monoisotopic (exact) mass is 218 g/mol. The van der Waals surface area contributed by atoms with E-state index in [9.17, 15) is 9.90 Å². The van der Waals surface area contributed by atoms with Gasteiger partial charge in [-0.2, -0.15) is 15.4 Å². The van der Waals surface area contributed by atoms with Gasteiger partial charge in [0.25, 0.3) is 5.91 Å². The van der Waals surface area contributed by atoms with Gasteiger partial charge >= 0.3 is 0 Å². The minimum Gasteiger partial charge on any atom is -0.508 e. The van der Waals surface area contributed by atoms with Crippen molar-refractivity contribution in [3.8, 4) is 5.75 Å². The van der Waals surface area contributed by atoms with Crippen LogP contribution in [0.4, 0.5) is 5.69 Å². The molecule has 0 aliphatic rings. The molecule has 0 aliphatic heterocycles. The lowest BCUT2D eigenvalue weighted by Crippen LogP contribution is -2.26. The third-order valence-corrected chi connectivity index (χ3v) is 2.16. The largest absolute Gasteiger partial charge is 0.508 e. The summed E-state index contributed by atoms with van der Waals surface area (Å²) in [6, 6.07) is 6.42. The van der Waals surface area contributed by atoms with Gasteiger partial charge in [0.2, 0.25) is 0 Å². The highest BCUT2D eigenvalue weighted by molar-refractivity contribution is 6.04. The van der Waals surface area contributed by atoms with Crippen molar-refractivity contribution in [3.05, 3.63) is 36.2 Å². The summed E-state index contributed by atoms with van der Waals surface area (Å²) >= 11 is 0. The van der Waals surface area contributed by atoms with Crippen molar-refractivity contribution in [1.29, 1.82) is 0 Å². The number of carbonyl (C=O) groups excluding carboxylic acids is 1. The maximum absolute atomic E-state index is 11.8. The number of phenols is 1. The molecule has 0 aliphatic carbocycles. The Kier molecular flexibility index (Phi) is 2.55. The van der Waals surface area contributed by atoms with E-state index >= 15 is 0 Å². The van der Waals surface area contributed by atoms with E-state index < -0.39 is 0 Å². The quantitative estimate of drug-likeness (QED) is 0.780. The van der Waals surface area contributed by atoms with Gasteiger partial charge in [-0.25, -0.2) is 0 Å². The number of hydrogen-bond donors (Lipinski definition) is 2. The molecule has 16 heavy (non-hydrogen) atoms. The summed E-state index contributed by atoms with van der Waals surface area (Å²) in [6.45, 7) is 0. The maximum atomic E-state index is 11.8. The number of carbonyl (C=O) groups is 1. The first-order valence-electron chi connectivity index (χ1n) is 4.61. The van der Waals surface area contributed by atoms with E-state index in [-0.39, 0.29) is 17.4 Å². The summed E-state index contributed by atoms with van der Waals surface area (Å²) in [4.78, 5) is 13.2. The van der Waals surface area contributed by atoms with Crippen molar-refractivity contribution >= 4 is 11.6 Å². The smallest absolute Gasteiger partial charge is 0.280 e. The van der Waals surface area contributed by atoms with E-state index in [0.717, 1.165) is 0 Å². The summed E-state index contributed by atoms with van der Waals surface area (Å²) < 4.78 is 0. The first-order valence-corrected chi connectivity index (χ1v) is 4.61. The zero-order chi connectivity index (χ0) is 11.5. The molecule has 0 bridgehead atoms. The molecule has 6 nitrogen and oxygen atoms in total. The topological polar surface area (TPSA) is 82.1 Å². The molecule has 2 aromatic rings. The van der Waals surface area contributed by atoms with Crippen molar-refractivity contribution in [3.63, 3.8) is 0 Å². The second kappa shape index (κ2) is 4.01. The average Bonchev–Trinajstić information content (AvgIpc) is 2.80. The van der Waals surface area contributed by atoms with Gasteiger partial charge < -0.3 is 10.0 Å². The Bertz CT molecular complexity index is 495. The Balaban J connectivity index is 2.26. The normalized spacial score (nSPS) is 10.1. The lowest BCUT2D eigenvalue weighted by atomic mass is 10.2. The fourth-order valence-electron chi connectivity index (χ4n) is 1.30. The molecule has 0 saturated heterocycles. The number of benzene rings is 1.